The topological polar surface area (TPSA) is 35.2 Å². The average molecular weight is 195 g/mol. The molecule has 2 nitrogen and oxygen atoms in total. The highest BCUT2D eigenvalue weighted by atomic mass is 32.1. The lowest BCUT2D eigenvalue weighted by Gasteiger charge is -2.10. The van der Waals surface area contributed by atoms with E-state index < -0.39 is 0 Å². The molecule has 0 aliphatic carbocycles. The quantitative estimate of drug-likeness (QED) is 0.747. The summed E-state index contributed by atoms with van der Waals surface area (Å²) >= 11 is 4.87. The van der Waals surface area contributed by atoms with Gasteiger partial charge in [0.1, 0.15) is 5.75 Å². The zero-order valence-electron chi connectivity index (χ0n) is 7.83. The van der Waals surface area contributed by atoms with Crippen LogP contribution in [0.5, 0.6) is 5.75 Å². The molecule has 0 amide bonds. The Bertz CT molecular complexity index is 323. The minimum Gasteiger partial charge on any atom is -0.496 e. The van der Waals surface area contributed by atoms with Crippen LogP contribution in [0.3, 0.4) is 0 Å². The summed E-state index contributed by atoms with van der Waals surface area (Å²) in [5.41, 5.74) is 7.73. The molecule has 70 valence electrons. The van der Waals surface area contributed by atoms with Crippen LogP contribution in [0, 0.1) is 6.92 Å². The van der Waals surface area contributed by atoms with Crippen LogP contribution in [0.4, 0.5) is 0 Å². The number of benzene rings is 1. The highest BCUT2D eigenvalue weighted by Crippen LogP contribution is 2.21. The lowest BCUT2D eigenvalue weighted by Crippen LogP contribution is -2.12. The van der Waals surface area contributed by atoms with Gasteiger partial charge in [0.05, 0.1) is 12.1 Å². The minimum atomic E-state index is 0.493. The number of hydrogen-bond donors (Lipinski definition) is 1. The van der Waals surface area contributed by atoms with Gasteiger partial charge in [0.15, 0.2) is 0 Å². The number of nitrogens with two attached hydrogens (primary N) is 1. The van der Waals surface area contributed by atoms with Crippen molar-refractivity contribution >= 4 is 17.2 Å². The van der Waals surface area contributed by atoms with E-state index in [0.717, 1.165) is 16.9 Å². The number of hydrogen-bond acceptors (Lipinski definition) is 2. The molecular weight excluding hydrogens is 182 g/mol. The highest BCUT2D eigenvalue weighted by molar-refractivity contribution is 7.80. The van der Waals surface area contributed by atoms with Gasteiger partial charge in [0.2, 0.25) is 0 Å². The molecule has 0 heterocycles. The molecule has 2 N–H and O–H groups in total. The van der Waals surface area contributed by atoms with Crippen LogP contribution in [0.2, 0.25) is 0 Å². The Kier molecular flexibility index (Phi) is 3.25. The van der Waals surface area contributed by atoms with Crippen LogP contribution >= 0.6 is 12.2 Å². The first kappa shape index (κ1) is 9.99. The zero-order chi connectivity index (χ0) is 9.84. The van der Waals surface area contributed by atoms with Gasteiger partial charge in [-0.25, -0.2) is 0 Å². The Morgan fingerprint density at radius 1 is 1.54 bits per heavy atom. The van der Waals surface area contributed by atoms with Crippen molar-refractivity contribution < 1.29 is 4.74 Å². The minimum absolute atomic E-state index is 0.493. The van der Waals surface area contributed by atoms with E-state index in [1.807, 2.05) is 25.1 Å². The second kappa shape index (κ2) is 4.23. The molecule has 0 spiro atoms. The molecule has 1 rings (SSSR count). The molecule has 1 aromatic carbocycles. The first-order chi connectivity index (χ1) is 6.15. The molecule has 3 heteroatoms. The average Bonchev–Trinajstić information content (AvgIpc) is 2.08. The van der Waals surface area contributed by atoms with E-state index in [2.05, 4.69) is 0 Å². The Hall–Kier alpha value is -1.09. The Morgan fingerprint density at radius 3 is 2.77 bits per heavy atom. The van der Waals surface area contributed by atoms with Gasteiger partial charge in [-0.15, -0.1) is 0 Å². The molecule has 1 aromatic rings. The number of ether oxygens (including phenoxy) is 1. The molecule has 0 aliphatic rings. The molecule has 0 saturated carbocycles. The van der Waals surface area contributed by atoms with Gasteiger partial charge in [-0.05, 0) is 18.6 Å². The molecule has 0 aromatic heterocycles. The molecule has 13 heavy (non-hydrogen) atoms. The smallest absolute Gasteiger partial charge is 0.122 e. The summed E-state index contributed by atoms with van der Waals surface area (Å²) in [4.78, 5) is 0.493. The van der Waals surface area contributed by atoms with Crippen LogP contribution in [0.1, 0.15) is 11.1 Å². The standard InChI is InChI=1S/C10H13NOS/c1-7-4-3-5-9(12-2)8(7)6-10(11)13/h3-5H,6H2,1-2H3,(H2,11,13). The van der Waals surface area contributed by atoms with Gasteiger partial charge in [-0.3, -0.25) is 0 Å². The van der Waals surface area contributed by atoms with Gasteiger partial charge >= 0.3 is 0 Å². The van der Waals surface area contributed by atoms with Gasteiger partial charge < -0.3 is 10.5 Å². The van der Waals surface area contributed by atoms with E-state index in [4.69, 9.17) is 22.7 Å². The van der Waals surface area contributed by atoms with Crippen molar-refractivity contribution in [1.29, 1.82) is 0 Å². The Balaban J connectivity index is 3.07. The van der Waals surface area contributed by atoms with E-state index in [0.29, 0.717) is 11.4 Å². The lowest BCUT2D eigenvalue weighted by molar-refractivity contribution is 0.410. The fourth-order valence-corrected chi connectivity index (χ4v) is 1.41. The maximum atomic E-state index is 5.49. The molecule has 0 fully saturated rings. The van der Waals surface area contributed by atoms with Gasteiger partial charge in [-0.2, -0.15) is 0 Å². The predicted molar refractivity (Wildman–Crippen MR) is 58.2 cm³/mol. The number of thiocarbonyl (C=S) groups is 1. The molecular formula is C10H13NOS. The second-order valence-corrected chi connectivity index (χ2v) is 3.42. The molecule has 0 aliphatic heterocycles. The molecule has 0 radical (unpaired) electrons. The van der Waals surface area contributed by atoms with Crippen molar-refractivity contribution in [1.82, 2.24) is 0 Å². The van der Waals surface area contributed by atoms with E-state index >= 15 is 0 Å². The van der Waals surface area contributed by atoms with Crippen molar-refractivity contribution in [2.24, 2.45) is 5.73 Å². The predicted octanol–water partition coefficient (Wildman–Crippen LogP) is 1.83. The fraction of sp³-hybridized carbons (Fsp3) is 0.300. The summed E-state index contributed by atoms with van der Waals surface area (Å²) in [6.45, 7) is 2.02. The summed E-state index contributed by atoms with van der Waals surface area (Å²) in [6.07, 6.45) is 0.602. The summed E-state index contributed by atoms with van der Waals surface area (Å²) in [5, 5.41) is 0. The normalized spacial score (nSPS) is 9.69. The monoisotopic (exact) mass is 195 g/mol. The van der Waals surface area contributed by atoms with E-state index in [1.54, 1.807) is 7.11 Å². The van der Waals surface area contributed by atoms with Crippen molar-refractivity contribution in [3.63, 3.8) is 0 Å². The van der Waals surface area contributed by atoms with Gasteiger partial charge in [0, 0.05) is 12.0 Å². The van der Waals surface area contributed by atoms with Crippen LogP contribution in [-0.2, 0) is 6.42 Å². The number of aryl methyl sites for hydroxylation is 1. The molecule has 0 bridgehead atoms. The highest BCUT2D eigenvalue weighted by Gasteiger charge is 2.06. The van der Waals surface area contributed by atoms with Crippen molar-refractivity contribution in [3.8, 4) is 5.75 Å². The van der Waals surface area contributed by atoms with Crippen LogP contribution in [0.25, 0.3) is 0 Å². The summed E-state index contributed by atoms with van der Waals surface area (Å²) in [7, 11) is 1.65. The van der Waals surface area contributed by atoms with Crippen molar-refractivity contribution in [2.45, 2.75) is 13.3 Å². The number of methoxy groups -OCH3 is 1. The number of rotatable bonds is 3. The first-order valence-electron chi connectivity index (χ1n) is 4.06. The second-order valence-electron chi connectivity index (χ2n) is 2.90. The third-order valence-electron chi connectivity index (χ3n) is 1.94. The van der Waals surface area contributed by atoms with E-state index in [1.165, 1.54) is 0 Å². The third-order valence-corrected chi connectivity index (χ3v) is 2.08. The van der Waals surface area contributed by atoms with Gasteiger partial charge in [-0.1, -0.05) is 24.4 Å². The summed E-state index contributed by atoms with van der Waals surface area (Å²) in [5.74, 6) is 0.854. The molecule has 0 unspecified atom stereocenters. The third kappa shape index (κ3) is 2.42. The molecule has 0 atom stereocenters. The Morgan fingerprint density at radius 2 is 2.23 bits per heavy atom. The fourth-order valence-electron chi connectivity index (χ4n) is 1.27. The summed E-state index contributed by atoms with van der Waals surface area (Å²) in [6, 6.07) is 5.90. The Labute approximate surface area is 83.7 Å². The van der Waals surface area contributed by atoms with Crippen LogP contribution < -0.4 is 10.5 Å². The van der Waals surface area contributed by atoms with Crippen molar-refractivity contribution in [3.05, 3.63) is 29.3 Å². The largest absolute Gasteiger partial charge is 0.496 e. The zero-order valence-corrected chi connectivity index (χ0v) is 8.65. The van der Waals surface area contributed by atoms with Crippen molar-refractivity contribution in [2.75, 3.05) is 7.11 Å². The van der Waals surface area contributed by atoms with Crippen LogP contribution in [-0.4, -0.2) is 12.1 Å². The van der Waals surface area contributed by atoms with E-state index in [9.17, 15) is 0 Å². The van der Waals surface area contributed by atoms with Crippen LogP contribution in [0.15, 0.2) is 18.2 Å². The maximum Gasteiger partial charge on any atom is 0.122 e. The lowest BCUT2D eigenvalue weighted by atomic mass is 10.0. The maximum absolute atomic E-state index is 5.49. The summed E-state index contributed by atoms with van der Waals surface area (Å²) < 4.78 is 5.21. The SMILES string of the molecule is COc1cccc(C)c1CC(N)=S. The molecule has 0 saturated heterocycles. The van der Waals surface area contributed by atoms with E-state index in [-0.39, 0.29) is 0 Å². The van der Waals surface area contributed by atoms with Gasteiger partial charge in [0.25, 0.3) is 0 Å². The first-order valence-corrected chi connectivity index (χ1v) is 4.46.